The van der Waals surface area contributed by atoms with E-state index in [1.807, 2.05) is 0 Å². The molecule has 0 saturated carbocycles. The molecule has 1 aliphatic rings. The molecular weight excluding hydrogens is 335 g/mol. The number of hydrogen-bond donors (Lipinski definition) is 1. The SMILES string of the molecule is CC[N+]1(CC)CCC(Nc2ccccc2)CC1.[I-]. The molecular formula is C15H25IN2. The van der Waals surface area contributed by atoms with Gasteiger partial charge in [0, 0.05) is 24.6 Å². The predicted octanol–water partition coefficient (Wildman–Crippen LogP) is 0.122. The first kappa shape index (κ1) is 15.8. The number of quaternary nitrogens is 1. The summed E-state index contributed by atoms with van der Waals surface area (Å²) in [5.41, 5.74) is 1.27. The zero-order valence-corrected chi connectivity index (χ0v) is 13.7. The molecule has 102 valence electrons. The summed E-state index contributed by atoms with van der Waals surface area (Å²) in [4.78, 5) is 0. The minimum atomic E-state index is 0. The monoisotopic (exact) mass is 360 g/mol. The Balaban J connectivity index is 0.00000162. The van der Waals surface area contributed by atoms with Crippen LogP contribution in [0.3, 0.4) is 0 Å². The van der Waals surface area contributed by atoms with Crippen LogP contribution in [0, 0.1) is 0 Å². The van der Waals surface area contributed by atoms with E-state index in [0.717, 1.165) is 0 Å². The van der Waals surface area contributed by atoms with Crippen LogP contribution in [0.1, 0.15) is 26.7 Å². The van der Waals surface area contributed by atoms with Gasteiger partial charge in [-0.1, -0.05) is 18.2 Å². The Bertz CT molecular complexity index is 326. The molecule has 0 spiro atoms. The van der Waals surface area contributed by atoms with Gasteiger partial charge in [-0.25, -0.2) is 0 Å². The molecule has 18 heavy (non-hydrogen) atoms. The lowest BCUT2D eigenvalue weighted by molar-refractivity contribution is -0.929. The fraction of sp³-hybridized carbons (Fsp3) is 0.600. The van der Waals surface area contributed by atoms with Crippen LogP contribution in [-0.2, 0) is 0 Å². The molecule has 1 aliphatic heterocycles. The van der Waals surface area contributed by atoms with Gasteiger partial charge in [0.05, 0.1) is 26.2 Å². The summed E-state index contributed by atoms with van der Waals surface area (Å²) in [5, 5.41) is 3.66. The van der Waals surface area contributed by atoms with Crippen LogP contribution in [0.5, 0.6) is 0 Å². The fourth-order valence-electron chi connectivity index (χ4n) is 2.89. The standard InChI is InChI=1S/C15H25N2.HI/c1-3-17(4-2)12-10-15(11-13-17)16-14-8-6-5-7-9-14;/h5-9,15-16H,3-4,10-13H2,1-2H3;1H/q+1;/p-1. The van der Waals surface area contributed by atoms with Crippen molar-refractivity contribution in [2.45, 2.75) is 32.7 Å². The van der Waals surface area contributed by atoms with Crippen molar-refractivity contribution in [3.8, 4) is 0 Å². The lowest BCUT2D eigenvalue weighted by atomic mass is 10.0. The zero-order chi connectivity index (χ0) is 12.1. The summed E-state index contributed by atoms with van der Waals surface area (Å²) in [6.07, 6.45) is 2.60. The van der Waals surface area contributed by atoms with E-state index < -0.39 is 0 Å². The van der Waals surface area contributed by atoms with E-state index in [9.17, 15) is 0 Å². The molecule has 1 saturated heterocycles. The highest BCUT2D eigenvalue weighted by atomic mass is 127. The molecule has 1 aromatic rings. The minimum absolute atomic E-state index is 0. The summed E-state index contributed by atoms with van der Waals surface area (Å²) >= 11 is 0. The third-order valence-corrected chi connectivity index (χ3v) is 4.39. The molecule has 0 bridgehead atoms. The van der Waals surface area contributed by atoms with Crippen molar-refractivity contribution in [3.63, 3.8) is 0 Å². The number of halogens is 1. The molecule has 2 rings (SSSR count). The van der Waals surface area contributed by atoms with Gasteiger partial charge in [-0.3, -0.25) is 0 Å². The molecule has 1 heterocycles. The highest BCUT2D eigenvalue weighted by molar-refractivity contribution is 5.43. The number of anilines is 1. The van der Waals surface area contributed by atoms with Crippen LogP contribution >= 0.6 is 0 Å². The van der Waals surface area contributed by atoms with E-state index >= 15 is 0 Å². The van der Waals surface area contributed by atoms with E-state index in [0.29, 0.717) is 6.04 Å². The van der Waals surface area contributed by atoms with E-state index in [1.54, 1.807) is 0 Å². The van der Waals surface area contributed by atoms with Gasteiger partial charge in [0.15, 0.2) is 0 Å². The number of likely N-dealkylation sites (tertiary alicyclic amines) is 1. The average molecular weight is 360 g/mol. The molecule has 1 fully saturated rings. The van der Waals surface area contributed by atoms with Gasteiger partial charge in [-0.2, -0.15) is 0 Å². The van der Waals surface area contributed by atoms with Crippen LogP contribution in [0.4, 0.5) is 5.69 Å². The van der Waals surface area contributed by atoms with Crippen LogP contribution < -0.4 is 29.3 Å². The maximum atomic E-state index is 3.66. The van der Waals surface area contributed by atoms with Gasteiger partial charge in [0.2, 0.25) is 0 Å². The Labute approximate surface area is 128 Å². The van der Waals surface area contributed by atoms with Crippen molar-refractivity contribution in [1.82, 2.24) is 0 Å². The lowest BCUT2D eigenvalue weighted by Crippen LogP contribution is -3.00. The van der Waals surface area contributed by atoms with Crippen molar-refractivity contribution in [2.75, 3.05) is 31.5 Å². The molecule has 1 N–H and O–H groups in total. The first-order valence-electron chi connectivity index (χ1n) is 6.94. The highest BCUT2D eigenvalue weighted by Gasteiger charge is 2.30. The summed E-state index contributed by atoms with van der Waals surface area (Å²) in [6, 6.07) is 11.3. The molecule has 0 amide bonds. The molecule has 2 nitrogen and oxygen atoms in total. The fourth-order valence-corrected chi connectivity index (χ4v) is 2.89. The molecule has 0 aliphatic carbocycles. The highest BCUT2D eigenvalue weighted by Crippen LogP contribution is 2.21. The first-order valence-corrected chi connectivity index (χ1v) is 6.94. The average Bonchev–Trinajstić information content (AvgIpc) is 2.41. The first-order chi connectivity index (χ1) is 8.28. The van der Waals surface area contributed by atoms with Gasteiger partial charge >= 0.3 is 0 Å². The topological polar surface area (TPSA) is 12.0 Å². The smallest absolute Gasteiger partial charge is 0.0806 e. The van der Waals surface area contributed by atoms with Crippen molar-refractivity contribution < 1.29 is 28.5 Å². The number of piperidine rings is 1. The van der Waals surface area contributed by atoms with Crippen molar-refractivity contribution in [1.29, 1.82) is 0 Å². The quantitative estimate of drug-likeness (QED) is 0.594. The van der Waals surface area contributed by atoms with E-state index in [2.05, 4.69) is 49.5 Å². The van der Waals surface area contributed by atoms with Gasteiger partial charge in [-0.15, -0.1) is 0 Å². The van der Waals surface area contributed by atoms with Gasteiger partial charge in [0.1, 0.15) is 0 Å². The molecule has 3 heteroatoms. The second-order valence-corrected chi connectivity index (χ2v) is 5.21. The Hall–Kier alpha value is -0.290. The van der Waals surface area contributed by atoms with Gasteiger partial charge in [0.25, 0.3) is 0 Å². The predicted molar refractivity (Wildman–Crippen MR) is 74.2 cm³/mol. The zero-order valence-electron chi connectivity index (χ0n) is 11.5. The molecule has 1 aromatic carbocycles. The van der Waals surface area contributed by atoms with Crippen molar-refractivity contribution in [3.05, 3.63) is 30.3 Å². The molecule has 0 atom stereocenters. The van der Waals surface area contributed by atoms with Crippen LogP contribution in [0.15, 0.2) is 30.3 Å². The van der Waals surface area contributed by atoms with Gasteiger partial charge in [-0.05, 0) is 26.0 Å². The van der Waals surface area contributed by atoms with E-state index in [-0.39, 0.29) is 24.0 Å². The number of para-hydroxylation sites is 1. The minimum Gasteiger partial charge on any atom is -1.00 e. The maximum absolute atomic E-state index is 3.66. The third-order valence-electron chi connectivity index (χ3n) is 4.39. The second kappa shape index (κ2) is 7.34. The summed E-state index contributed by atoms with van der Waals surface area (Å²) in [5.74, 6) is 0. The second-order valence-electron chi connectivity index (χ2n) is 5.21. The van der Waals surface area contributed by atoms with Crippen molar-refractivity contribution >= 4 is 5.69 Å². The maximum Gasteiger partial charge on any atom is 0.0806 e. The Morgan fingerprint density at radius 3 is 2.11 bits per heavy atom. The number of rotatable bonds is 4. The number of hydrogen-bond acceptors (Lipinski definition) is 1. The van der Waals surface area contributed by atoms with Crippen LogP contribution in [-0.4, -0.2) is 36.7 Å². The molecule has 0 unspecified atom stereocenters. The van der Waals surface area contributed by atoms with Crippen molar-refractivity contribution in [2.24, 2.45) is 0 Å². The summed E-state index contributed by atoms with van der Waals surface area (Å²) < 4.78 is 1.31. The number of nitrogens with zero attached hydrogens (tertiary/aromatic N) is 1. The molecule has 0 aromatic heterocycles. The third kappa shape index (κ3) is 3.85. The summed E-state index contributed by atoms with van der Waals surface area (Å²) in [7, 11) is 0. The Morgan fingerprint density at radius 2 is 1.61 bits per heavy atom. The Kier molecular flexibility index (Phi) is 6.43. The lowest BCUT2D eigenvalue weighted by Gasteiger charge is -2.42. The van der Waals surface area contributed by atoms with Gasteiger partial charge < -0.3 is 33.8 Å². The number of nitrogens with one attached hydrogen (secondary N) is 1. The molecule has 0 radical (unpaired) electrons. The normalized spacial score (nSPS) is 19.0. The van der Waals surface area contributed by atoms with E-state index in [4.69, 9.17) is 0 Å². The summed E-state index contributed by atoms with van der Waals surface area (Å²) in [6.45, 7) is 9.89. The largest absolute Gasteiger partial charge is 1.00 e. The van der Waals surface area contributed by atoms with E-state index in [1.165, 1.54) is 49.2 Å². The number of benzene rings is 1. The van der Waals surface area contributed by atoms with Crippen LogP contribution in [0.25, 0.3) is 0 Å². The Morgan fingerprint density at radius 1 is 1.06 bits per heavy atom. The van der Waals surface area contributed by atoms with Crippen LogP contribution in [0.2, 0.25) is 0 Å².